The maximum Gasteiger partial charge on any atom is 0.288 e. The molecule has 0 aliphatic carbocycles. The fourth-order valence-electron chi connectivity index (χ4n) is 3.20. The van der Waals surface area contributed by atoms with Crippen LogP contribution in [-0.4, -0.2) is 46.8 Å². The molecule has 3 rings (SSSR count). The summed E-state index contributed by atoms with van der Waals surface area (Å²) in [6.07, 6.45) is 3.26. The Morgan fingerprint density at radius 3 is 2.73 bits per heavy atom. The SMILES string of the molecule is CN1CCC(N(Cc2ccco2)C(=O)c2ccc(Cl)c([N+](=O)[O-])c2)CC1. The van der Waals surface area contributed by atoms with Gasteiger partial charge in [0.25, 0.3) is 11.6 Å². The van der Waals surface area contributed by atoms with E-state index >= 15 is 0 Å². The maximum atomic E-state index is 13.1. The summed E-state index contributed by atoms with van der Waals surface area (Å²) in [7, 11) is 2.05. The summed E-state index contributed by atoms with van der Waals surface area (Å²) >= 11 is 5.87. The Kier molecular flexibility index (Phi) is 5.58. The zero-order valence-corrected chi connectivity index (χ0v) is 15.2. The highest BCUT2D eigenvalue weighted by Crippen LogP contribution is 2.27. The lowest BCUT2D eigenvalue weighted by molar-refractivity contribution is -0.384. The van der Waals surface area contributed by atoms with E-state index in [-0.39, 0.29) is 28.2 Å². The third kappa shape index (κ3) is 4.05. The molecule has 2 heterocycles. The average molecular weight is 378 g/mol. The average Bonchev–Trinajstić information content (AvgIpc) is 3.13. The lowest BCUT2D eigenvalue weighted by atomic mass is 10.0. The molecule has 1 amide bonds. The van der Waals surface area contributed by atoms with Crippen molar-refractivity contribution in [2.75, 3.05) is 20.1 Å². The topological polar surface area (TPSA) is 79.8 Å². The van der Waals surface area contributed by atoms with Crippen LogP contribution in [0.25, 0.3) is 0 Å². The number of nitro groups is 1. The van der Waals surface area contributed by atoms with E-state index in [9.17, 15) is 14.9 Å². The number of rotatable bonds is 5. The van der Waals surface area contributed by atoms with Crippen molar-refractivity contribution >= 4 is 23.2 Å². The van der Waals surface area contributed by atoms with Crippen molar-refractivity contribution in [2.45, 2.75) is 25.4 Å². The first-order chi connectivity index (χ1) is 12.5. The third-order valence-corrected chi connectivity index (χ3v) is 5.01. The van der Waals surface area contributed by atoms with E-state index in [1.54, 1.807) is 17.2 Å². The van der Waals surface area contributed by atoms with Crippen LogP contribution >= 0.6 is 11.6 Å². The molecule has 2 aromatic rings. The molecule has 1 aliphatic heterocycles. The number of nitro benzene ring substituents is 1. The van der Waals surface area contributed by atoms with Gasteiger partial charge in [-0.25, -0.2) is 0 Å². The summed E-state index contributed by atoms with van der Waals surface area (Å²) < 4.78 is 5.41. The van der Waals surface area contributed by atoms with E-state index in [2.05, 4.69) is 11.9 Å². The number of furan rings is 1. The van der Waals surface area contributed by atoms with Crippen LogP contribution in [0, 0.1) is 10.1 Å². The molecular formula is C18H20ClN3O4. The van der Waals surface area contributed by atoms with Gasteiger partial charge in [0.05, 0.1) is 17.7 Å². The molecule has 0 atom stereocenters. The number of amides is 1. The second-order valence-electron chi connectivity index (χ2n) is 6.47. The van der Waals surface area contributed by atoms with Crippen molar-refractivity contribution in [3.8, 4) is 0 Å². The maximum absolute atomic E-state index is 13.1. The molecule has 138 valence electrons. The Morgan fingerprint density at radius 1 is 1.38 bits per heavy atom. The first-order valence-corrected chi connectivity index (χ1v) is 8.79. The highest BCUT2D eigenvalue weighted by Gasteiger charge is 2.29. The van der Waals surface area contributed by atoms with Gasteiger partial charge in [0.2, 0.25) is 0 Å². The molecule has 1 fully saturated rings. The predicted octanol–water partition coefficient (Wildman–Crippen LogP) is 3.58. The van der Waals surface area contributed by atoms with E-state index < -0.39 is 4.92 Å². The number of hydrogen-bond acceptors (Lipinski definition) is 5. The van der Waals surface area contributed by atoms with E-state index in [0.717, 1.165) is 25.9 Å². The van der Waals surface area contributed by atoms with Crippen LogP contribution in [0.4, 0.5) is 5.69 Å². The van der Waals surface area contributed by atoms with Crippen LogP contribution in [-0.2, 0) is 6.54 Å². The smallest absolute Gasteiger partial charge is 0.288 e. The Bertz CT molecular complexity index is 786. The number of likely N-dealkylation sites (tertiary alicyclic amines) is 1. The normalized spacial score (nSPS) is 15.8. The zero-order chi connectivity index (χ0) is 18.7. The molecule has 26 heavy (non-hydrogen) atoms. The van der Waals surface area contributed by atoms with Crippen molar-refractivity contribution in [2.24, 2.45) is 0 Å². The molecule has 1 aliphatic rings. The highest BCUT2D eigenvalue weighted by atomic mass is 35.5. The van der Waals surface area contributed by atoms with E-state index in [1.807, 2.05) is 6.07 Å². The second-order valence-corrected chi connectivity index (χ2v) is 6.88. The molecule has 0 saturated carbocycles. The molecule has 7 nitrogen and oxygen atoms in total. The summed E-state index contributed by atoms with van der Waals surface area (Å²) in [6.45, 7) is 2.12. The molecule has 0 radical (unpaired) electrons. The fraction of sp³-hybridized carbons (Fsp3) is 0.389. The van der Waals surface area contributed by atoms with Gasteiger partial charge < -0.3 is 14.2 Å². The van der Waals surface area contributed by atoms with E-state index in [1.165, 1.54) is 18.2 Å². The van der Waals surface area contributed by atoms with Gasteiger partial charge >= 0.3 is 0 Å². The number of halogens is 1. The van der Waals surface area contributed by atoms with Gasteiger partial charge in [0, 0.05) is 17.7 Å². The number of carbonyl (C=O) groups is 1. The van der Waals surface area contributed by atoms with Crippen molar-refractivity contribution in [1.82, 2.24) is 9.80 Å². The standard InChI is InChI=1S/C18H20ClN3O4/c1-20-8-6-14(7-9-20)21(12-15-3-2-10-26-15)18(23)13-4-5-16(19)17(11-13)22(24)25/h2-5,10-11,14H,6-9,12H2,1H3. The van der Waals surface area contributed by atoms with E-state index in [0.29, 0.717) is 12.3 Å². The lowest BCUT2D eigenvalue weighted by Gasteiger charge is -2.37. The Balaban J connectivity index is 1.89. The third-order valence-electron chi connectivity index (χ3n) is 4.69. The largest absolute Gasteiger partial charge is 0.467 e. The summed E-state index contributed by atoms with van der Waals surface area (Å²) in [5, 5.41) is 11.2. The zero-order valence-electron chi connectivity index (χ0n) is 14.4. The van der Waals surface area contributed by atoms with Crippen LogP contribution < -0.4 is 0 Å². The molecule has 8 heteroatoms. The summed E-state index contributed by atoms with van der Waals surface area (Å²) in [5.41, 5.74) is -0.00886. The second kappa shape index (κ2) is 7.88. The first-order valence-electron chi connectivity index (χ1n) is 8.41. The summed E-state index contributed by atoms with van der Waals surface area (Å²) in [6, 6.07) is 7.82. The molecule has 0 bridgehead atoms. The first kappa shape index (κ1) is 18.4. The van der Waals surface area contributed by atoms with Gasteiger partial charge in [-0.05, 0) is 57.2 Å². The van der Waals surface area contributed by atoms with Crippen LogP contribution in [0.2, 0.25) is 5.02 Å². The Hall–Kier alpha value is -2.38. The molecule has 1 aromatic heterocycles. The number of carbonyl (C=O) groups excluding carboxylic acids is 1. The van der Waals surface area contributed by atoms with Gasteiger partial charge in [-0.2, -0.15) is 0 Å². The minimum Gasteiger partial charge on any atom is -0.467 e. The number of benzene rings is 1. The molecular weight excluding hydrogens is 358 g/mol. The Labute approximate surface area is 156 Å². The molecule has 1 saturated heterocycles. The van der Waals surface area contributed by atoms with Gasteiger partial charge in [0.15, 0.2) is 0 Å². The van der Waals surface area contributed by atoms with Crippen molar-refractivity contribution in [1.29, 1.82) is 0 Å². The summed E-state index contributed by atoms with van der Waals surface area (Å²) in [5.74, 6) is 0.427. The Morgan fingerprint density at radius 2 is 2.12 bits per heavy atom. The lowest BCUT2D eigenvalue weighted by Crippen LogP contribution is -2.46. The van der Waals surface area contributed by atoms with Gasteiger partial charge in [-0.3, -0.25) is 14.9 Å². The predicted molar refractivity (Wildman–Crippen MR) is 97.2 cm³/mol. The van der Waals surface area contributed by atoms with Crippen molar-refractivity contribution < 1.29 is 14.1 Å². The van der Waals surface area contributed by atoms with Crippen molar-refractivity contribution in [3.05, 3.63) is 63.1 Å². The monoisotopic (exact) mass is 377 g/mol. The minimum atomic E-state index is -0.578. The fourth-order valence-corrected chi connectivity index (χ4v) is 3.38. The molecule has 1 aromatic carbocycles. The van der Waals surface area contributed by atoms with Crippen LogP contribution in [0.1, 0.15) is 29.0 Å². The number of hydrogen-bond donors (Lipinski definition) is 0. The van der Waals surface area contributed by atoms with Gasteiger partial charge in [-0.15, -0.1) is 0 Å². The molecule has 0 spiro atoms. The number of piperidine rings is 1. The molecule has 0 N–H and O–H groups in total. The number of nitrogens with zero attached hydrogens (tertiary/aromatic N) is 3. The van der Waals surface area contributed by atoms with E-state index in [4.69, 9.17) is 16.0 Å². The minimum absolute atomic E-state index is 0.0171. The van der Waals surface area contributed by atoms with Crippen LogP contribution in [0.15, 0.2) is 41.0 Å². The molecule has 0 unspecified atom stereocenters. The van der Waals surface area contributed by atoms with Crippen LogP contribution in [0.5, 0.6) is 0 Å². The summed E-state index contributed by atoms with van der Waals surface area (Å²) in [4.78, 5) is 27.7. The quantitative estimate of drug-likeness (QED) is 0.587. The highest BCUT2D eigenvalue weighted by molar-refractivity contribution is 6.32. The van der Waals surface area contributed by atoms with Gasteiger partial charge in [-0.1, -0.05) is 11.6 Å². The van der Waals surface area contributed by atoms with Crippen molar-refractivity contribution in [3.63, 3.8) is 0 Å². The van der Waals surface area contributed by atoms with Gasteiger partial charge in [0.1, 0.15) is 10.8 Å². The van der Waals surface area contributed by atoms with Crippen LogP contribution in [0.3, 0.4) is 0 Å².